The van der Waals surface area contributed by atoms with Gasteiger partial charge in [-0.1, -0.05) is 15.9 Å². The molecule has 0 aromatic carbocycles. The van der Waals surface area contributed by atoms with E-state index >= 15 is 0 Å². The van der Waals surface area contributed by atoms with Gasteiger partial charge in [0.15, 0.2) is 0 Å². The Hall–Kier alpha value is -0.310. The van der Waals surface area contributed by atoms with Gasteiger partial charge in [0.2, 0.25) is 5.89 Å². The lowest BCUT2D eigenvalue weighted by atomic mass is 10.0. The van der Waals surface area contributed by atoms with E-state index in [1.54, 1.807) is 0 Å². The van der Waals surface area contributed by atoms with Crippen LogP contribution in [-0.4, -0.2) is 4.98 Å². The number of rotatable bonds is 1. The van der Waals surface area contributed by atoms with Crippen molar-refractivity contribution in [3.05, 3.63) is 17.3 Å². The molecular formula is C8H10BrNO. The molecule has 1 aromatic heterocycles. The number of aromatic nitrogens is 1. The van der Waals surface area contributed by atoms with E-state index in [0.717, 1.165) is 29.8 Å². The third kappa shape index (κ3) is 1.34. The van der Waals surface area contributed by atoms with Gasteiger partial charge in [-0.25, -0.2) is 4.98 Å². The highest BCUT2D eigenvalue weighted by molar-refractivity contribution is 9.08. The van der Waals surface area contributed by atoms with Crippen LogP contribution in [0.25, 0.3) is 0 Å². The summed E-state index contributed by atoms with van der Waals surface area (Å²) in [6.45, 7) is 0. The molecule has 2 rings (SSSR count). The Morgan fingerprint density at radius 2 is 2.18 bits per heavy atom. The van der Waals surface area contributed by atoms with Crippen LogP contribution in [0.2, 0.25) is 0 Å². The number of hydrogen-bond acceptors (Lipinski definition) is 2. The van der Waals surface area contributed by atoms with Crippen molar-refractivity contribution in [2.45, 2.75) is 31.0 Å². The molecule has 0 aliphatic heterocycles. The van der Waals surface area contributed by atoms with Crippen molar-refractivity contribution in [3.63, 3.8) is 0 Å². The van der Waals surface area contributed by atoms with E-state index in [1.807, 2.05) is 0 Å². The Labute approximate surface area is 74.1 Å². The molecule has 2 nitrogen and oxygen atoms in total. The SMILES string of the molecule is BrCc1nc2c(o1)CCCC2. The van der Waals surface area contributed by atoms with Crippen LogP contribution in [0, 0.1) is 0 Å². The van der Waals surface area contributed by atoms with E-state index in [0.29, 0.717) is 0 Å². The number of aryl methyl sites for hydroxylation is 2. The third-order valence-electron chi connectivity index (χ3n) is 2.00. The van der Waals surface area contributed by atoms with Gasteiger partial charge in [0, 0.05) is 6.42 Å². The van der Waals surface area contributed by atoms with Crippen LogP contribution in [0.3, 0.4) is 0 Å². The quantitative estimate of drug-likeness (QED) is 0.674. The van der Waals surface area contributed by atoms with Crippen LogP contribution in [0.4, 0.5) is 0 Å². The highest BCUT2D eigenvalue weighted by Crippen LogP contribution is 2.22. The molecular weight excluding hydrogens is 206 g/mol. The smallest absolute Gasteiger partial charge is 0.205 e. The monoisotopic (exact) mass is 215 g/mol. The molecule has 0 unspecified atom stereocenters. The minimum atomic E-state index is 0.736. The Bertz CT molecular complexity index is 233. The van der Waals surface area contributed by atoms with E-state index in [2.05, 4.69) is 20.9 Å². The van der Waals surface area contributed by atoms with Crippen LogP contribution < -0.4 is 0 Å². The molecule has 0 fully saturated rings. The minimum absolute atomic E-state index is 0.736. The summed E-state index contributed by atoms with van der Waals surface area (Å²) in [5, 5.41) is 0.736. The van der Waals surface area contributed by atoms with Crippen molar-refractivity contribution in [1.82, 2.24) is 4.98 Å². The fraction of sp³-hybridized carbons (Fsp3) is 0.625. The third-order valence-corrected chi connectivity index (χ3v) is 2.48. The maximum absolute atomic E-state index is 5.50. The molecule has 3 heteroatoms. The molecule has 0 saturated carbocycles. The first kappa shape index (κ1) is 7.35. The van der Waals surface area contributed by atoms with E-state index in [-0.39, 0.29) is 0 Å². The van der Waals surface area contributed by atoms with Crippen molar-refractivity contribution >= 4 is 15.9 Å². The van der Waals surface area contributed by atoms with E-state index in [4.69, 9.17) is 4.42 Å². The zero-order valence-corrected chi connectivity index (χ0v) is 7.85. The highest BCUT2D eigenvalue weighted by Gasteiger charge is 2.15. The second-order valence-electron chi connectivity index (χ2n) is 2.82. The van der Waals surface area contributed by atoms with E-state index in [1.165, 1.54) is 18.5 Å². The molecule has 0 bridgehead atoms. The summed E-state index contributed by atoms with van der Waals surface area (Å²) in [7, 11) is 0. The van der Waals surface area contributed by atoms with Gasteiger partial charge in [0.25, 0.3) is 0 Å². The molecule has 1 aliphatic rings. The van der Waals surface area contributed by atoms with Gasteiger partial charge in [-0.3, -0.25) is 0 Å². The lowest BCUT2D eigenvalue weighted by molar-refractivity contribution is 0.453. The summed E-state index contributed by atoms with van der Waals surface area (Å²) in [5.74, 6) is 1.95. The number of oxazole rings is 1. The highest BCUT2D eigenvalue weighted by atomic mass is 79.9. The Morgan fingerprint density at radius 1 is 1.36 bits per heavy atom. The summed E-state index contributed by atoms with van der Waals surface area (Å²) >= 11 is 3.33. The van der Waals surface area contributed by atoms with Gasteiger partial charge < -0.3 is 4.42 Å². The first-order valence-electron chi connectivity index (χ1n) is 3.93. The van der Waals surface area contributed by atoms with Crippen molar-refractivity contribution in [3.8, 4) is 0 Å². The Morgan fingerprint density at radius 3 is 2.91 bits per heavy atom. The lowest BCUT2D eigenvalue weighted by Crippen LogP contribution is -1.99. The topological polar surface area (TPSA) is 26.0 Å². The van der Waals surface area contributed by atoms with Crippen molar-refractivity contribution in [1.29, 1.82) is 0 Å². The molecule has 0 atom stereocenters. The van der Waals surface area contributed by atoms with Gasteiger partial charge in [0.1, 0.15) is 5.76 Å². The lowest BCUT2D eigenvalue weighted by Gasteiger charge is -2.05. The van der Waals surface area contributed by atoms with Crippen molar-refractivity contribution in [2.24, 2.45) is 0 Å². The fourth-order valence-corrected chi connectivity index (χ4v) is 1.70. The van der Waals surface area contributed by atoms with Crippen LogP contribution in [0.15, 0.2) is 4.42 Å². The maximum atomic E-state index is 5.50. The summed E-state index contributed by atoms with van der Waals surface area (Å²) in [6.07, 6.45) is 4.70. The van der Waals surface area contributed by atoms with Crippen molar-refractivity contribution in [2.75, 3.05) is 0 Å². The number of nitrogens with zero attached hydrogens (tertiary/aromatic N) is 1. The minimum Gasteiger partial charge on any atom is -0.445 e. The van der Waals surface area contributed by atoms with E-state index < -0.39 is 0 Å². The Kier molecular flexibility index (Phi) is 1.98. The zero-order valence-electron chi connectivity index (χ0n) is 6.27. The summed E-state index contributed by atoms with van der Waals surface area (Å²) in [4.78, 5) is 4.36. The first-order chi connectivity index (χ1) is 5.40. The molecule has 11 heavy (non-hydrogen) atoms. The largest absolute Gasteiger partial charge is 0.445 e. The van der Waals surface area contributed by atoms with Crippen LogP contribution in [-0.2, 0) is 18.2 Å². The number of hydrogen-bond donors (Lipinski definition) is 0. The molecule has 1 aromatic rings. The number of halogens is 1. The predicted octanol–water partition coefficient (Wildman–Crippen LogP) is 2.45. The van der Waals surface area contributed by atoms with Crippen LogP contribution >= 0.6 is 15.9 Å². The molecule has 0 N–H and O–H groups in total. The zero-order chi connectivity index (χ0) is 7.68. The number of fused-ring (bicyclic) bond motifs is 1. The normalized spacial score (nSPS) is 16.5. The van der Waals surface area contributed by atoms with Crippen LogP contribution in [0.5, 0.6) is 0 Å². The van der Waals surface area contributed by atoms with Crippen molar-refractivity contribution < 1.29 is 4.42 Å². The molecule has 0 spiro atoms. The first-order valence-corrected chi connectivity index (χ1v) is 5.05. The van der Waals surface area contributed by atoms with Gasteiger partial charge in [-0.05, 0) is 19.3 Å². The summed E-state index contributed by atoms with van der Waals surface area (Å²) in [6, 6.07) is 0. The molecule has 1 heterocycles. The second kappa shape index (κ2) is 2.97. The fourth-order valence-electron chi connectivity index (χ4n) is 1.46. The maximum Gasteiger partial charge on any atom is 0.205 e. The van der Waals surface area contributed by atoms with Gasteiger partial charge in [0.05, 0.1) is 11.0 Å². The average molecular weight is 216 g/mol. The van der Waals surface area contributed by atoms with Gasteiger partial charge >= 0.3 is 0 Å². The number of alkyl halides is 1. The standard InChI is InChI=1S/C8H10BrNO/c9-5-8-10-6-3-1-2-4-7(6)11-8/h1-5H2. The average Bonchev–Trinajstić information content (AvgIpc) is 2.46. The molecule has 0 saturated heterocycles. The molecule has 0 amide bonds. The second-order valence-corrected chi connectivity index (χ2v) is 3.38. The predicted molar refractivity (Wildman–Crippen MR) is 45.8 cm³/mol. The summed E-state index contributed by atoms with van der Waals surface area (Å²) in [5.41, 5.74) is 1.19. The Balaban J connectivity index is 2.32. The van der Waals surface area contributed by atoms with Gasteiger partial charge in [-0.2, -0.15) is 0 Å². The molecule has 60 valence electrons. The summed E-state index contributed by atoms with van der Waals surface area (Å²) < 4.78 is 5.50. The van der Waals surface area contributed by atoms with Gasteiger partial charge in [-0.15, -0.1) is 0 Å². The van der Waals surface area contributed by atoms with E-state index in [9.17, 15) is 0 Å². The molecule has 0 radical (unpaired) electrons. The van der Waals surface area contributed by atoms with Crippen LogP contribution in [0.1, 0.15) is 30.2 Å². The molecule has 1 aliphatic carbocycles.